The van der Waals surface area contributed by atoms with E-state index in [0.29, 0.717) is 29.9 Å². The molecule has 0 bridgehead atoms. The highest BCUT2D eigenvalue weighted by atomic mass is 16.5. The monoisotopic (exact) mass is 293 g/mol. The Morgan fingerprint density at radius 3 is 2.62 bits per heavy atom. The quantitative estimate of drug-likeness (QED) is 0.870. The Labute approximate surface area is 127 Å². The molecule has 5 unspecified atom stereocenters. The van der Waals surface area contributed by atoms with Crippen molar-refractivity contribution in [2.24, 2.45) is 11.8 Å². The van der Waals surface area contributed by atoms with E-state index in [0.717, 1.165) is 18.7 Å². The molecule has 1 aliphatic heterocycles. The second kappa shape index (κ2) is 7.18. The number of nitrogens with zero attached hydrogens (tertiary/aromatic N) is 2. The largest absolute Gasteiger partial charge is 0.481 e. The Balaban J connectivity index is 2.15. The smallest absolute Gasteiger partial charge is 0.216 e. The summed E-state index contributed by atoms with van der Waals surface area (Å²) in [5, 5.41) is 3.61. The minimum absolute atomic E-state index is 0.266. The number of rotatable bonds is 6. The van der Waals surface area contributed by atoms with E-state index in [1.165, 1.54) is 0 Å². The van der Waals surface area contributed by atoms with Gasteiger partial charge < -0.3 is 14.8 Å². The van der Waals surface area contributed by atoms with Crippen molar-refractivity contribution in [2.75, 3.05) is 13.7 Å². The number of ether oxygens (including phenoxy) is 2. The number of hydrogen-bond acceptors (Lipinski definition) is 5. The molecule has 0 aliphatic carbocycles. The highest BCUT2D eigenvalue weighted by Crippen LogP contribution is 2.35. The van der Waals surface area contributed by atoms with E-state index >= 15 is 0 Å². The zero-order valence-corrected chi connectivity index (χ0v) is 13.7. The Morgan fingerprint density at radius 2 is 2.05 bits per heavy atom. The van der Waals surface area contributed by atoms with Crippen LogP contribution in [-0.4, -0.2) is 41.9 Å². The van der Waals surface area contributed by atoms with Gasteiger partial charge in [0.15, 0.2) is 0 Å². The first kappa shape index (κ1) is 16.2. The maximum Gasteiger partial charge on any atom is 0.216 e. The van der Waals surface area contributed by atoms with Gasteiger partial charge in [0, 0.05) is 30.1 Å². The molecule has 5 atom stereocenters. The first-order valence-corrected chi connectivity index (χ1v) is 7.80. The summed E-state index contributed by atoms with van der Waals surface area (Å²) in [5.74, 6) is 1.64. The van der Waals surface area contributed by atoms with E-state index in [2.05, 4.69) is 43.0 Å². The zero-order chi connectivity index (χ0) is 15.4. The van der Waals surface area contributed by atoms with Crippen LogP contribution in [0.5, 0.6) is 5.88 Å². The highest BCUT2D eigenvalue weighted by molar-refractivity contribution is 5.15. The Bertz CT molecular complexity index is 455. The molecule has 1 fully saturated rings. The van der Waals surface area contributed by atoms with Gasteiger partial charge in [0.2, 0.25) is 5.88 Å². The SMILES string of the molecule is CCNC(Cc1cc(OC)ncn1)C1C(C)OC(C)C1C. The van der Waals surface area contributed by atoms with Crippen molar-refractivity contribution in [3.63, 3.8) is 0 Å². The predicted octanol–water partition coefficient (Wildman–Crippen LogP) is 2.07. The molecule has 118 valence electrons. The van der Waals surface area contributed by atoms with E-state index in [4.69, 9.17) is 9.47 Å². The summed E-state index contributed by atoms with van der Waals surface area (Å²) in [4.78, 5) is 8.45. The Hall–Kier alpha value is -1.20. The summed E-state index contributed by atoms with van der Waals surface area (Å²) in [6.45, 7) is 9.70. The molecule has 1 aromatic rings. The molecule has 1 aromatic heterocycles. The summed E-state index contributed by atoms with van der Waals surface area (Å²) >= 11 is 0. The van der Waals surface area contributed by atoms with Crippen LogP contribution >= 0.6 is 0 Å². The van der Waals surface area contributed by atoms with E-state index in [1.807, 2.05) is 6.07 Å². The van der Waals surface area contributed by atoms with Crippen LogP contribution in [0.1, 0.15) is 33.4 Å². The van der Waals surface area contributed by atoms with Gasteiger partial charge in [-0.25, -0.2) is 9.97 Å². The second-order valence-electron chi connectivity index (χ2n) is 5.90. The van der Waals surface area contributed by atoms with Gasteiger partial charge in [-0.15, -0.1) is 0 Å². The van der Waals surface area contributed by atoms with Gasteiger partial charge in [-0.3, -0.25) is 0 Å². The molecule has 2 heterocycles. The number of nitrogens with one attached hydrogen (secondary N) is 1. The first-order valence-electron chi connectivity index (χ1n) is 7.80. The fourth-order valence-electron chi connectivity index (χ4n) is 3.42. The molecule has 1 N–H and O–H groups in total. The third-order valence-electron chi connectivity index (χ3n) is 4.59. The molecule has 0 amide bonds. The molecule has 1 aliphatic rings. The molecule has 0 aromatic carbocycles. The van der Waals surface area contributed by atoms with Crippen molar-refractivity contribution in [2.45, 2.75) is 52.4 Å². The zero-order valence-electron chi connectivity index (χ0n) is 13.7. The Morgan fingerprint density at radius 1 is 1.29 bits per heavy atom. The average molecular weight is 293 g/mol. The van der Waals surface area contributed by atoms with Crippen LogP contribution in [0.2, 0.25) is 0 Å². The lowest BCUT2D eigenvalue weighted by molar-refractivity contribution is 0.0476. The van der Waals surface area contributed by atoms with Gasteiger partial charge in [-0.2, -0.15) is 0 Å². The molecular formula is C16H27N3O2. The number of hydrogen-bond donors (Lipinski definition) is 1. The van der Waals surface area contributed by atoms with Crippen LogP contribution in [0.3, 0.4) is 0 Å². The minimum atomic E-state index is 0.266. The maximum absolute atomic E-state index is 6.00. The molecule has 0 radical (unpaired) electrons. The molecule has 2 rings (SSSR count). The van der Waals surface area contributed by atoms with Gasteiger partial charge in [0.05, 0.1) is 19.3 Å². The molecule has 21 heavy (non-hydrogen) atoms. The van der Waals surface area contributed by atoms with E-state index in [9.17, 15) is 0 Å². The lowest BCUT2D eigenvalue weighted by Crippen LogP contribution is -2.43. The third kappa shape index (κ3) is 3.71. The third-order valence-corrected chi connectivity index (χ3v) is 4.59. The standard InChI is InChI=1S/C16H27N3O2/c1-6-17-14(16-10(2)11(3)21-12(16)4)7-13-8-15(20-5)19-9-18-13/h8-12,14,16-17H,6-7H2,1-5H3. The van der Waals surface area contributed by atoms with Gasteiger partial charge in [-0.1, -0.05) is 13.8 Å². The van der Waals surface area contributed by atoms with Crippen molar-refractivity contribution in [1.29, 1.82) is 0 Å². The average Bonchev–Trinajstić information content (AvgIpc) is 2.72. The van der Waals surface area contributed by atoms with Gasteiger partial charge in [0.1, 0.15) is 6.33 Å². The van der Waals surface area contributed by atoms with Crippen LogP contribution in [0.25, 0.3) is 0 Å². The molecule has 5 nitrogen and oxygen atoms in total. The second-order valence-corrected chi connectivity index (χ2v) is 5.90. The summed E-state index contributed by atoms with van der Waals surface area (Å²) < 4.78 is 11.2. The van der Waals surface area contributed by atoms with E-state index in [1.54, 1.807) is 13.4 Å². The lowest BCUT2D eigenvalue weighted by atomic mass is 9.81. The van der Waals surface area contributed by atoms with Gasteiger partial charge in [-0.05, 0) is 26.3 Å². The normalized spacial score (nSPS) is 30.3. The van der Waals surface area contributed by atoms with Crippen LogP contribution in [0, 0.1) is 11.8 Å². The topological polar surface area (TPSA) is 56.3 Å². The van der Waals surface area contributed by atoms with Crippen LogP contribution in [-0.2, 0) is 11.2 Å². The van der Waals surface area contributed by atoms with Crippen molar-refractivity contribution in [1.82, 2.24) is 15.3 Å². The maximum atomic E-state index is 6.00. The molecular weight excluding hydrogens is 266 g/mol. The summed E-state index contributed by atoms with van der Waals surface area (Å²) in [6, 6.07) is 2.27. The number of likely N-dealkylation sites (N-methyl/N-ethyl adjacent to an activating group) is 1. The van der Waals surface area contributed by atoms with Crippen molar-refractivity contribution in [3.8, 4) is 5.88 Å². The van der Waals surface area contributed by atoms with E-state index in [-0.39, 0.29) is 6.10 Å². The Kier molecular flexibility index (Phi) is 5.53. The fraction of sp³-hybridized carbons (Fsp3) is 0.750. The minimum Gasteiger partial charge on any atom is -0.481 e. The fourth-order valence-corrected chi connectivity index (χ4v) is 3.42. The van der Waals surface area contributed by atoms with Gasteiger partial charge in [0.25, 0.3) is 0 Å². The molecule has 0 spiro atoms. The van der Waals surface area contributed by atoms with Gasteiger partial charge >= 0.3 is 0 Å². The molecule has 5 heteroatoms. The van der Waals surface area contributed by atoms with Crippen LogP contribution in [0.15, 0.2) is 12.4 Å². The van der Waals surface area contributed by atoms with Crippen LogP contribution < -0.4 is 10.1 Å². The first-order chi connectivity index (χ1) is 10.1. The molecule has 0 saturated carbocycles. The molecule has 1 saturated heterocycles. The summed E-state index contributed by atoms with van der Waals surface area (Å²) in [6.07, 6.45) is 3.01. The van der Waals surface area contributed by atoms with Crippen LogP contribution in [0.4, 0.5) is 0 Å². The van der Waals surface area contributed by atoms with E-state index < -0.39 is 0 Å². The predicted molar refractivity (Wildman–Crippen MR) is 82.4 cm³/mol. The number of aromatic nitrogens is 2. The summed E-state index contributed by atoms with van der Waals surface area (Å²) in [7, 11) is 1.63. The van der Waals surface area contributed by atoms with Crippen molar-refractivity contribution in [3.05, 3.63) is 18.1 Å². The lowest BCUT2D eigenvalue weighted by Gasteiger charge is -2.29. The number of methoxy groups -OCH3 is 1. The highest BCUT2D eigenvalue weighted by Gasteiger charge is 2.41. The van der Waals surface area contributed by atoms with Crippen molar-refractivity contribution >= 4 is 0 Å². The van der Waals surface area contributed by atoms with Crippen molar-refractivity contribution < 1.29 is 9.47 Å². The summed E-state index contributed by atoms with van der Waals surface area (Å²) in [5.41, 5.74) is 1.01.